The number of carbonyl (C=O) groups is 2. The average molecular weight is 394 g/mol. The molecule has 1 aliphatic heterocycles. The minimum Gasteiger partial charge on any atom is -0.355 e. The second kappa shape index (κ2) is 9.59. The summed E-state index contributed by atoms with van der Waals surface area (Å²) in [5, 5.41) is 2.81. The zero-order valence-corrected chi connectivity index (χ0v) is 15.6. The van der Waals surface area contributed by atoms with E-state index in [-0.39, 0.29) is 11.8 Å². The maximum Gasteiger partial charge on any atom is 0.246 e. The van der Waals surface area contributed by atoms with Crippen LogP contribution in [0, 0.1) is 0 Å². The summed E-state index contributed by atoms with van der Waals surface area (Å²) in [7, 11) is 0. The lowest BCUT2D eigenvalue weighted by Gasteiger charge is -2.20. The number of nitrogens with zero attached hydrogens (tertiary/aromatic N) is 2. The molecular weight excluding hydrogens is 370 g/mol. The zero-order chi connectivity index (χ0) is 17.4. The molecule has 1 saturated heterocycles. The first-order valence-corrected chi connectivity index (χ1v) is 9.09. The number of likely N-dealkylation sites (N-methyl/N-ethyl adjacent to an activating group) is 1. The monoisotopic (exact) mass is 393 g/mol. The van der Waals surface area contributed by atoms with E-state index in [4.69, 9.17) is 0 Å². The second-order valence-electron chi connectivity index (χ2n) is 5.79. The van der Waals surface area contributed by atoms with Gasteiger partial charge in [0.25, 0.3) is 0 Å². The van der Waals surface area contributed by atoms with Crippen LogP contribution in [0.1, 0.15) is 18.9 Å². The van der Waals surface area contributed by atoms with Crippen LogP contribution in [0.2, 0.25) is 0 Å². The molecule has 24 heavy (non-hydrogen) atoms. The molecule has 1 aliphatic rings. The van der Waals surface area contributed by atoms with Crippen LogP contribution in [0.4, 0.5) is 0 Å². The molecule has 0 atom stereocenters. The number of hydrogen-bond acceptors (Lipinski definition) is 3. The highest BCUT2D eigenvalue weighted by Crippen LogP contribution is 2.12. The van der Waals surface area contributed by atoms with Crippen molar-refractivity contribution in [3.05, 3.63) is 40.4 Å². The molecular formula is C18H24BrN3O2. The number of hydrogen-bond donors (Lipinski definition) is 1. The molecule has 0 bridgehead atoms. The van der Waals surface area contributed by atoms with Gasteiger partial charge in [0.15, 0.2) is 0 Å². The Labute approximate surface area is 151 Å². The predicted octanol–water partition coefficient (Wildman–Crippen LogP) is 2.13. The number of benzene rings is 1. The van der Waals surface area contributed by atoms with E-state index >= 15 is 0 Å². The van der Waals surface area contributed by atoms with E-state index in [0.29, 0.717) is 19.6 Å². The lowest BCUT2D eigenvalue weighted by atomic mass is 10.2. The van der Waals surface area contributed by atoms with Crippen LogP contribution in [-0.2, 0) is 9.59 Å². The van der Waals surface area contributed by atoms with Crippen molar-refractivity contribution in [3.63, 3.8) is 0 Å². The van der Waals surface area contributed by atoms with E-state index in [1.807, 2.05) is 42.2 Å². The van der Waals surface area contributed by atoms with Crippen LogP contribution in [-0.4, -0.2) is 60.9 Å². The van der Waals surface area contributed by atoms with Gasteiger partial charge < -0.3 is 10.2 Å². The van der Waals surface area contributed by atoms with Crippen molar-refractivity contribution in [2.75, 3.05) is 39.3 Å². The van der Waals surface area contributed by atoms with Gasteiger partial charge in [-0.1, -0.05) is 28.1 Å². The van der Waals surface area contributed by atoms with Gasteiger partial charge in [0, 0.05) is 43.3 Å². The van der Waals surface area contributed by atoms with E-state index in [1.165, 1.54) is 0 Å². The van der Waals surface area contributed by atoms with Crippen LogP contribution in [0.15, 0.2) is 34.8 Å². The van der Waals surface area contributed by atoms with Gasteiger partial charge in [-0.3, -0.25) is 14.5 Å². The van der Waals surface area contributed by atoms with Gasteiger partial charge in [0.05, 0.1) is 6.54 Å². The van der Waals surface area contributed by atoms with Gasteiger partial charge in [-0.05, 0) is 37.1 Å². The average Bonchev–Trinajstić information content (AvgIpc) is 2.80. The van der Waals surface area contributed by atoms with Crippen LogP contribution in [0.25, 0.3) is 6.08 Å². The third kappa shape index (κ3) is 6.09. The van der Waals surface area contributed by atoms with Crippen LogP contribution >= 0.6 is 15.9 Å². The summed E-state index contributed by atoms with van der Waals surface area (Å²) in [5.41, 5.74) is 0.999. The minimum atomic E-state index is 0.0257. The Balaban J connectivity index is 1.85. The molecule has 2 rings (SSSR count). The smallest absolute Gasteiger partial charge is 0.246 e. The van der Waals surface area contributed by atoms with Gasteiger partial charge in [0.2, 0.25) is 11.8 Å². The predicted molar refractivity (Wildman–Crippen MR) is 99.5 cm³/mol. The molecule has 1 aromatic carbocycles. The zero-order valence-electron chi connectivity index (χ0n) is 14.0. The number of nitrogens with one attached hydrogen (secondary N) is 1. The van der Waals surface area contributed by atoms with Crippen LogP contribution < -0.4 is 5.32 Å². The number of amides is 2. The molecule has 2 amide bonds. The summed E-state index contributed by atoms with van der Waals surface area (Å²) < 4.78 is 1.02. The van der Waals surface area contributed by atoms with E-state index < -0.39 is 0 Å². The molecule has 1 fully saturated rings. The first-order chi connectivity index (χ1) is 11.6. The molecule has 6 heteroatoms. The van der Waals surface area contributed by atoms with Crippen LogP contribution in [0.3, 0.4) is 0 Å². The molecule has 0 radical (unpaired) electrons. The Morgan fingerprint density at radius 3 is 2.62 bits per heavy atom. The van der Waals surface area contributed by atoms with E-state index in [1.54, 1.807) is 6.08 Å². The highest BCUT2D eigenvalue weighted by Gasteiger charge is 2.18. The van der Waals surface area contributed by atoms with Crippen molar-refractivity contribution < 1.29 is 9.59 Å². The first-order valence-electron chi connectivity index (χ1n) is 8.30. The normalized spacial score (nSPS) is 16.2. The Morgan fingerprint density at radius 2 is 1.92 bits per heavy atom. The molecule has 1 N–H and O–H groups in total. The molecule has 0 unspecified atom stereocenters. The van der Waals surface area contributed by atoms with Crippen molar-refractivity contribution in [2.24, 2.45) is 0 Å². The maximum absolute atomic E-state index is 12.4. The van der Waals surface area contributed by atoms with Crippen molar-refractivity contribution in [1.29, 1.82) is 0 Å². The molecule has 5 nitrogen and oxygen atoms in total. The van der Waals surface area contributed by atoms with E-state index in [0.717, 1.165) is 36.1 Å². The summed E-state index contributed by atoms with van der Waals surface area (Å²) in [6.45, 7) is 5.94. The fourth-order valence-corrected chi connectivity index (χ4v) is 2.92. The third-order valence-electron chi connectivity index (χ3n) is 3.93. The molecule has 0 aromatic heterocycles. The van der Waals surface area contributed by atoms with Crippen LogP contribution in [0.5, 0.6) is 0 Å². The van der Waals surface area contributed by atoms with Gasteiger partial charge in [0.1, 0.15) is 0 Å². The number of rotatable bonds is 5. The van der Waals surface area contributed by atoms with Gasteiger partial charge in [-0.2, -0.15) is 0 Å². The highest BCUT2D eigenvalue weighted by atomic mass is 79.9. The summed E-state index contributed by atoms with van der Waals surface area (Å²) in [5.74, 6) is 0.0742. The molecule has 1 aromatic rings. The van der Waals surface area contributed by atoms with E-state index in [9.17, 15) is 9.59 Å². The summed E-state index contributed by atoms with van der Waals surface area (Å²) in [6.07, 6.45) is 4.35. The lowest BCUT2D eigenvalue weighted by molar-refractivity contribution is -0.125. The van der Waals surface area contributed by atoms with Crippen molar-refractivity contribution in [2.45, 2.75) is 13.3 Å². The topological polar surface area (TPSA) is 52.7 Å². The fourth-order valence-electron chi connectivity index (χ4n) is 2.65. The quantitative estimate of drug-likeness (QED) is 0.779. The summed E-state index contributed by atoms with van der Waals surface area (Å²) in [6, 6.07) is 7.83. The molecule has 0 aliphatic carbocycles. The van der Waals surface area contributed by atoms with Crippen molar-refractivity contribution in [3.8, 4) is 0 Å². The van der Waals surface area contributed by atoms with Gasteiger partial charge in [-0.25, -0.2) is 0 Å². The molecule has 130 valence electrons. The Morgan fingerprint density at radius 1 is 1.17 bits per heavy atom. The molecule has 1 heterocycles. The number of halogens is 1. The fraction of sp³-hybridized carbons (Fsp3) is 0.444. The Bertz CT molecular complexity index is 586. The number of carbonyl (C=O) groups excluding carboxylic acids is 2. The minimum absolute atomic E-state index is 0.0257. The highest BCUT2D eigenvalue weighted by molar-refractivity contribution is 9.10. The van der Waals surface area contributed by atoms with Crippen molar-refractivity contribution >= 4 is 33.8 Å². The third-order valence-corrected chi connectivity index (χ3v) is 4.46. The molecule has 0 saturated carbocycles. The summed E-state index contributed by atoms with van der Waals surface area (Å²) >= 11 is 3.40. The lowest BCUT2D eigenvalue weighted by Crippen LogP contribution is -2.39. The second-order valence-corrected chi connectivity index (χ2v) is 6.71. The first kappa shape index (κ1) is 18.7. The van der Waals surface area contributed by atoms with Gasteiger partial charge in [-0.15, -0.1) is 0 Å². The standard InChI is InChI=1S/C18H24BrN3O2/c1-2-20-17(23)14-21-10-3-11-22(13-12-21)18(24)9-6-15-4-7-16(19)8-5-15/h4-9H,2-3,10-14H2,1H3,(H,20,23). The van der Waals surface area contributed by atoms with Gasteiger partial charge >= 0.3 is 0 Å². The molecule has 0 spiro atoms. The Hall–Kier alpha value is -1.66. The Kier molecular flexibility index (Phi) is 7.46. The van der Waals surface area contributed by atoms with Crippen molar-refractivity contribution in [1.82, 2.24) is 15.1 Å². The largest absolute Gasteiger partial charge is 0.355 e. The SMILES string of the molecule is CCNC(=O)CN1CCCN(C(=O)C=Cc2ccc(Br)cc2)CC1. The van der Waals surface area contributed by atoms with E-state index in [2.05, 4.69) is 26.1 Å². The maximum atomic E-state index is 12.4. The summed E-state index contributed by atoms with van der Waals surface area (Å²) in [4.78, 5) is 28.0.